The summed E-state index contributed by atoms with van der Waals surface area (Å²) in [6.07, 6.45) is 1.96. The van der Waals surface area contributed by atoms with E-state index in [1.807, 2.05) is 12.1 Å². The first-order chi connectivity index (χ1) is 11.7. The van der Waals surface area contributed by atoms with E-state index in [1.165, 1.54) is 6.33 Å². The molecule has 0 aliphatic heterocycles. The van der Waals surface area contributed by atoms with Gasteiger partial charge in [0.2, 0.25) is 5.88 Å². The van der Waals surface area contributed by atoms with Crippen molar-refractivity contribution in [3.05, 3.63) is 35.1 Å². The lowest BCUT2D eigenvalue weighted by Gasteiger charge is -2.23. The van der Waals surface area contributed by atoms with Gasteiger partial charge in [0.05, 0.1) is 25.0 Å². The topological polar surface area (TPSA) is 112 Å². The number of hydrogen-bond acceptors (Lipinski definition) is 7. The molecule has 1 heterocycles. The maximum absolute atomic E-state index is 8.79. The molecule has 7 nitrogen and oxygen atoms in total. The fraction of sp³-hybridized carbons (Fsp3) is 0.250. The van der Waals surface area contributed by atoms with Gasteiger partial charge in [-0.3, -0.25) is 0 Å². The quantitative estimate of drug-likeness (QED) is 0.776. The average Bonchev–Trinajstić information content (AvgIpc) is 2.59. The highest BCUT2D eigenvalue weighted by molar-refractivity contribution is 9.10. The van der Waals surface area contributed by atoms with E-state index in [-0.39, 0.29) is 11.6 Å². The van der Waals surface area contributed by atoms with Crippen LogP contribution in [0.25, 0.3) is 0 Å². The molecule has 0 unspecified atom stereocenters. The summed E-state index contributed by atoms with van der Waals surface area (Å²) in [5.41, 5.74) is 6.41. The molecule has 0 aliphatic carbocycles. The minimum absolute atomic E-state index is 0.237. The van der Waals surface area contributed by atoms with Gasteiger partial charge in [0.15, 0.2) is 5.82 Å². The van der Waals surface area contributed by atoms with Crippen LogP contribution < -0.4 is 15.4 Å². The van der Waals surface area contributed by atoms with Crippen molar-refractivity contribution in [2.75, 3.05) is 23.7 Å². The van der Waals surface area contributed by atoms with Crippen molar-refractivity contribution in [1.82, 2.24) is 9.97 Å². The minimum Gasteiger partial charge on any atom is -0.437 e. The predicted molar refractivity (Wildman–Crippen MR) is 93.3 cm³/mol. The lowest BCUT2D eigenvalue weighted by Crippen LogP contribution is -2.27. The van der Waals surface area contributed by atoms with Gasteiger partial charge in [-0.1, -0.05) is 15.9 Å². The van der Waals surface area contributed by atoms with Crippen molar-refractivity contribution in [2.24, 2.45) is 0 Å². The van der Waals surface area contributed by atoms with Crippen molar-refractivity contribution < 1.29 is 4.74 Å². The number of aromatic nitrogens is 2. The SMILES string of the molecule is N#CCCN(CCC#N)c1ncnc(Oc2ccc(Br)cc2)c1N. The summed E-state index contributed by atoms with van der Waals surface area (Å²) in [4.78, 5) is 10.0. The van der Waals surface area contributed by atoms with E-state index in [2.05, 4.69) is 38.0 Å². The van der Waals surface area contributed by atoms with E-state index in [0.717, 1.165) is 4.47 Å². The highest BCUT2D eigenvalue weighted by Gasteiger charge is 2.16. The Morgan fingerprint density at radius 2 is 1.71 bits per heavy atom. The second-order valence-electron chi connectivity index (χ2n) is 4.78. The number of benzene rings is 1. The molecule has 0 fully saturated rings. The molecule has 122 valence electrons. The number of rotatable bonds is 7. The maximum Gasteiger partial charge on any atom is 0.248 e. The van der Waals surface area contributed by atoms with Gasteiger partial charge in [0, 0.05) is 17.6 Å². The lowest BCUT2D eigenvalue weighted by atomic mass is 10.3. The van der Waals surface area contributed by atoms with E-state index in [1.54, 1.807) is 17.0 Å². The number of nitriles is 2. The third-order valence-electron chi connectivity index (χ3n) is 3.14. The van der Waals surface area contributed by atoms with Crippen molar-refractivity contribution in [1.29, 1.82) is 10.5 Å². The summed E-state index contributed by atoms with van der Waals surface area (Å²) >= 11 is 3.36. The molecule has 2 aromatic rings. The van der Waals surface area contributed by atoms with Crippen LogP contribution in [0.3, 0.4) is 0 Å². The third-order valence-corrected chi connectivity index (χ3v) is 3.67. The summed E-state index contributed by atoms with van der Waals surface area (Å²) in [5.74, 6) is 1.29. The van der Waals surface area contributed by atoms with Gasteiger partial charge in [-0.05, 0) is 24.3 Å². The predicted octanol–water partition coefficient (Wildman–Crippen LogP) is 3.25. The first-order valence-electron chi connectivity index (χ1n) is 7.18. The van der Waals surface area contributed by atoms with Crippen LogP contribution in [-0.4, -0.2) is 23.1 Å². The van der Waals surface area contributed by atoms with Crippen LogP contribution in [0.15, 0.2) is 35.1 Å². The van der Waals surface area contributed by atoms with Gasteiger partial charge >= 0.3 is 0 Å². The molecule has 0 radical (unpaired) electrons. The molecule has 24 heavy (non-hydrogen) atoms. The van der Waals surface area contributed by atoms with Crippen molar-refractivity contribution in [2.45, 2.75) is 12.8 Å². The maximum atomic E-state index is 8.79. The van der Waals surface area contributed by atoms with Gasteiger partial charge in [-0.15, -0.1) is 0 Å². The molecule has 0 spiro atoms. The third kappa shape index (κ3) is 4.58. The lowest BCUT2D eigenvalue weighted by molar-refractivity contribution is 0.464. The van der Waals surface area contributed by atoms with E-state index in [0.29, 0.717) is 37.5 Å². The normalized spacial score (nSPS) is 9.79. The Morgan fingerprint density at radius 1 is 1.08 bits per heavy atom. The summed E-state index contributed by atoms with van der Waals surface area (Å²) in [6.45, 7) is 0.855. The molecule has 0 bridgehead atoms. The Balaban J connectivity index is 2.25. The van der Waals surface area contributed by atoms with Gasteiger partial charge in [0.1, 0.15) is 17.8 Å². The second kappa shape index (κ2) is 8.70. The zero-order chi connectivity index (χ0) is 17.4. The Bertz CT molecular complexity index is 748. The minimum atomic E-state index is 0.237. The van der Waals surface area contributed by atoms with Crippen molar-refractivity contribution in [3.8, 4) is 23.8 Å². The van der Waals surface area contributed by atoms with E-state index in [4.69, 9.17) is 21.0 Å². The molecule has 1 aromatic carbocycles. The van der Waals surface area contributed by atoms with Crippen LogP contribution in [0.2, 0.25) is 0 Å². The summed E-state index contributed by atoms with van der Waals surface area (Å²) in [5, 5.41) is 17.6. The van der Waals surface area contributed by atoms with Gasteiger partial charge in [-0.2, -0.15) is 15.5 Å². The van der Waals surface area contributed by atoms with Crippen molar-refractivity contribution in [3.63, 3.8) is 0 Å². The van der Waals surface area contributed by atoms with Crippen LogP contribution in [-0.2, 0) is 0 Å². The molecule has 0 atom stereocenters. The number of nitrogens with two attached hydrogens (primary N) is 1. The number of nitrogen functional groups attached to an aromatic ring is 1. The molecule has 0 amide bonds. The van der Waals surface area contributed by atoms with Crippen LogP contribution in [0.4, 0.5) is 11.5 Å². The van der Waals surface area contributed by atoms with E-state index in [9.17, 15) is 0 Å². The molecule has 2 rings (SSSR count). The standard InChI is InChI=1S/C16H15BrN6O/c17-12-3-5-13(6-4-12)24-16-14(20)15(21-11-22-16)23(9-1-7-18)10-2-8-19/h3-6,11H,1-2,9-10,20H2. The summed E-state index contributed by atoms with van der Waals surface area (Å²) < 4.78 is 6.65. The highest BCUT2D eigenvalue weighted by atomic mass is 79.9. The van der Waals surface area contributed by atoms with E-state index >= 15 is 0 Å². The zero-order valence-electron chi connectivity index (χ0n) is 12.8. The second-order valence-corrected chi connectivity index (χ2v) is 5.69. The molecular formula is C16H15BrN6O. The fourth-order valence-electron chi connectivity index (χ4n) is 2.01. The first-order valence-corrected chi connectivity index (χ1v) is 7.97. The largest absolute Gasteiger partial charge is 0.437 e. The van der Waals surface area contributed by atoms with E-state index < -0.39 is 0 Å². The number of nitrogens with zero attached hydrogens (tertiary/aromatic N) is 5. The Kier molecular flexibility index (Phi) is 6.35. The van der Waals surface area contributed by atoms with Gasteiger partial charge in [-0.25, -0.2) is 4.98 Å². The zero-order valence-corrected chi connectivity index (χ0v) is 14.4. The van der Waals surface area contributed by atoms with Crippen LogP contribution in [0.5, 0.6) is 11.6 Å². The fourth-order valence-corrected chi connectivity index (χ4v) is 2.28. The molecular weight excluding hydrogens is 372 g/mol. The van der Waals surface area contributed by atoms with Gasteiger partial charge in [0.25, 0.3) is 0 Å². The molecule has 0 saturated carbocycles. The highest BCUT2D eigenvalue weighted by Crippen LogP contribution is 2.31. The number of hydrogen-bond donors (Lipinski definition) is 1. The number of anilines is 2. The molecule has 0 aliphatic rings. The Morgan fingerprint density at radius 3 is 2.29 bits per heavy atom. The Hall–Kier alpha value is -2.84. The van der Waals surface area contributed by atoms with Crippen LogP contribution in [0.1, 0.15) is 12.8 Å². The van der Waals surface area contributed by atoms with Crippen molar-refractivity contribution >= 4 is 27.4 Å². The summed E-state index contributed by atoms with van der Waals surface area (Å²) in [7, 11) is 0. The average molecular weight is 387 g/mol. The first kappa shape index (κ1) is 17.5. The van der Waals surface area contributed by atoms with Crippen LogP contribution >= 0.6 is 15.9 Å². The van der Waals surface area contributed by atoms with Crippen LogP contribution in [0, 0.1) is 22.7 Å². The molecule has 2 N–H and O–H groups in total. The molecule has 1 aromatic heterocycles. The molecule has 8 heteroatoms. The number of ether oxygens (including phenoxy) is 1. The number of halogens is 1. The molecule has 0 saturated heterocycles. The monoisotopic (exact) mass is 386 g/mol. The smallest absolute Gasteiger partial charge is 0.248 e. The Labute approximate surface area is 148 Å². The van der Waals surface area contributed by atoms with Gasteiger partial charge < -0.3 is 15.4 Å². The summed E-state index contributed by atoms with van der Waals surface area (Å²) in [6, 6.07) is 11.4.